The standard InChI is InChI=1S/C17H30N4O.HI/c1-3-18-17(20-13-16-8-7-11-22-16)19-12-15(2)14-21-9-5-4-6-10-21;/h7-8,11,15H,3-6,9-10,12-14H2,1-2H3,(H2,18,19,20);1H. The first-order chi connectivity index (χ1) is 10.8. The Labute approximate surface area is 157 Å². The molecule has 0 amide bonds. The summed E-state index contributed by atoms with van der Waals surface area (Å²) in [5, 5.41) is 6.73. The Hall–Kier alpha value is -0.760. The fourth-order valence-corrected chi connectivity index (χ4v) is 2.82. The molecule has 5 nitrogen and oxygen atoms in total. The Kier molecular flexibility index (Phi) is 10.3. The smallest absolute Gasteiger partial charge is 0.191 e. The summed E-state index contributed by atoms with van der Waals surface area (Å²) in [6, 6.07) is 3.85. The van der Waals surface area contributed by atoms with Crippen molar-refractivity contribution < 1.29 is 4.42 Å². The van der Waals surface area contributed by atoms with Gasteiger partial charge in [0.05, 0.1) is 6.26 Å². The first kappa shape index (κ1) is 20.3. The van der Waals surface area contributed by atoms with E-state index in [0.29, 0.717) is 12.5 Å². The van der Waals surface area contributed by atoms with E-state index in [-0.39, 0.29) is 24.0 Å². The Morgan fingerprint density at radius 2 is 2.09 bits per heavy atom. The normalized spacial score (nSPS) is 17.4. The second-order valence-electron chi connectivity index (χ2n) is 6.12. The van der Waals surface area contributed by atoms with Crippen LogP contribution in [0.2, 0.25) is 0 Å². The molecule has 1 aliphatic rings. The van der Waals surface area contributed by atoms with Crippen LogP contribution in [0, 0.1) is 5.92 Å². The molecule has 0 aromatic carbocycles. The fourth-order valence-electron chi connectivity index (χ4n) is 2.82. The minimum Gasteiger partial charge on any atom is -0.467 e. The largest absolute Gasteiger partial charge is 0.467 e. The molecule has 1 saturated heterocycles. The number of halogens is 1. The highest BCUT2D eigenvalue weighted by molar-refractivity contribution is 14.0. The van der Waals surface area contributed by atoms with E-state index in [1.54, 1.807) is 6.26 Å². The molecule has 1 aromatic heterocycles. The predicted octanol–water partition coefficient (Wildman–Crippen LogP) is 3.07. The molecule has 6 heteroatoms. The Balaban J connectivity index is 0.00000264. The number of guanidine groups is 1. The predicted molar refractivity (Wildman–Crippen MR) is 106 cm³/mol. The minimum atomic E-state index is 0. The van der Waals surface area contributed by atoms with Gasteiger partial charge in [-0.15, -0.1) is 24.0 Å². The molecule has 1 atom stereocenters. The third-order valence-electron chi connectivity index (χ3n) is 3.95. The van der Waals surface area contributed by atoms with Crippen LogP contribution in [0.25, 0.3) is 0 Å². The molecule has 1 aromatic rings. The van der Waals surface area contributed by atoms with Crippen LogP contribution in [0.5, 0.6) is 0 Å². The maximum absolute atomic E-state index is 5.32. The summed E-state index contributed by atoms with van der Waals surface area (Å²) in [4.78, 5) is 7.15. The first-order valence-corrected chi connectivity index (χ1v) is 8.55. The number of likely N-dealkylation sites (tertiary alicyclic amines) is 1. The number of aliphatic imine (C=N–C) groups is 1. The van der Waals surface area contributed by atoms with Gasteiger partial charge in [0.15, 0.2) is 5.96 Å². The van der Waals surface area contributed by atoms with Crippen molar-refractivity contribution in [2.24, 2.45) is 10.9 Å². The highest BCUT2D eigenvalue weighted by Crippen LogP contribution is 2.10. The molecule has 0 aliphatic carbocycles. The van der Waals surface area contributed by atoms with Gasteiger partial charge in [0.25, 0.3) is 0 Å². The molecule has 23 heavy (non-hydrogen) atoms. The zero-order valence-corrected chi connectivity index (χ0v) is 16.7. The van der Waals surface area contributed by atoms with Gasteiger partial charge in [0.2, 0.25) is 0 Å². The SMILES string of the molecule is CCNC(=NCc1ccco1)NCC(C)CN1CCCCC1.I. The van der Waals surface area contributed by atoms with Crippen molar-refractivity contribution in [3.05, 3.63) is 24.2 Å². The summed E-state index contributed by atoms with van der Waals surface area (Å²) in [7, 11) is 0. The van der Waals surface area contributed by atoms with Gasteiger partial charge in [-0.2, -0.15) is 0 Å². The summed E-state index contributed by atoms with van der Waals surface area (Å²) >= 11 is 0. The first-order valence-electron chi connectivity index (χ1n) is 8.55. The van der Waals surface area contributed by atoms with Crippen molar-refractivity contribution in [2.75, 3.05) is 32.7 Å². The maximum Gasteiger partial charge on any atom is 0.191 e. The van der Waals surface area contributed by atoms with E-state index in [2.05, 4.69) is 34.4 Å². The van der Waals surface area contributed by atoms with E-state index in [1.807, 2.05) is 12.1 Å². The highest BCUT2D eigenvalue weighted by atomic mass is 127. The summed E-state index contributed by atoms with van der Waals surface area (Å²) < 4.78 is 5.32. The van der Waals surface area contributed by atoms with Crippen LogP contribution < -0.4 is 10.6 Å². The number of hydrogen-bond acceptors (Lipinski definition) is 3. The summed E-state index contributed by atoms with van der Waals surface area (Å²) in [6.45, 7) is 10.5. The molecule has 2 N–H and O–H groups in total. The van der Waals surface area contributed by atoms with Crippen molar-refractivity contribution in [3.63, 3.8) is 0 Å². The van der Waals surface area contributed by atoms with E-state index >= 15 is 0 Å². The number of piperidine rings is 1. The van der Waals surface area contributed by atoms with Crippen LogP contribution in [0.15, 0.2) is 27.8 Å². The van der Waals surface area contributed by atoms with Crippen LogP contribution in [-0.4, -0.2) is 43.6 Å². The maximum atomic E-state index is 5.32. The zero-order chi connectivity index (χ0) is 15.6. The molecule has 0 radical (unpaired) electrons. The van der Waals surface area contributed by atoms with Gasteiger partial charge in [-0.05, 0) is 50.9 Å². The number of rotatable bonds is 7. The number of nitrogens with zero attached hydrogens (tertiary/aromatic N) is 2. The monoisotopic (exact) mass is 434 g/mol. The van der Waals surface area contributed by atoms with E-state index < -0.39 is 0 Å². The average molecular weight is 434 g/mol. The summed E-state index contributed by atoms with van der Waals surface area (Å²) in [5.41, 5.74) is 0. The zero-order valence-electron chi connectivity index (χ0n) is 14.4. The fraction of sp³-hybridized carbons (Fsp3) is 0.706. The number of hydrogen-bond donors (Lipinski definition) is 2. The van der Waals surface area contributed by atoms with Crippen LogP contribution in [0.1, 0.15) is 38.9 Å². The molecule has 0 bridgehead atoms. The van der Waals surface area contributed by atoms with E-state index in [9.17, 15) is 0 Å². The van der Waals surface area contributed by atoms with Gasteiger partial charge >= 0.3 is 0 Å². The Bertz CT molecular complexity index is 430. The molecular formula is C17H31IN4O. The Morgan fingerprint density at radius 1 is 1.30 bits per heavy atom. The summed E-state index contributed by atoms with van der Waals surface area (Å²) in [5.74, 6) is 2.37. The quantitative estimate of drug-likeness (QED) is 0.394. The molecule has 0 spiro atoms. The minimum absolute atomic E-state index is 0. The van der Waals surface area contributed by atoms with Crippen molar-refractivity contribution >= 4 is 29.9 Å². The molecule has 132 valence electrons. The van der Waals surface area contributed by atoms with E-state index in [4.69, 9.17) is 4.42 Å². The lowest BCUT2D eigenvalue weighted by atomic mass is 10.1. The van der Waals surface area contributed by atoms with Gasteiger partial charge in [0, 0.05) is 19.6 Å². The molecule has 1 fully saturated rings. The van der Waals surface area contributed by atoms with Gasteiger partial charge in [-0.1, -0.05) is 13.3 Å². The molecule has 2 rings (SSSR count). The second kappa shape index (κ2) is 11.7. The third-order valence-corrected chi connectivity index (χ3v) is 3.95. The third kappa shape index (κ3) is 8.06. The second-order valence-corrected chi connectivity index (χ2v) is 6.12. The number of nitrogens with one attached hydrogen (secondary N) is 2. The lowest BCUT2D eigenvalue weighted by molar-refractivity contribution is 0.201. The average Bonchev–Trinajstić information content (AvgIpc) is 3.04. The summed E-state index contributed by atoms with van der Waals surface area (Å²) in [6.07, 6.45) is 5.79. The van der Waals surface area contributed by atoms with Crippen molar-refractivity contribution in [1.29, 1.82) is 0 Å². The van der Waals surface area contributed by atoms with E-state index in [1.165, 1.54) is 38.9 Å². The molecule has 1 unspecified atom stereocenters. The molecule has 0 saturated carbocycles. The van der Waals surface area contributed by atoms with Crippen LogP contribution in [-0.2, 0) is 6.54 Å². The molecular weight excluding hydrogens is 403 g/mol. The molecule has 1 aliphatic heterocycles. The van der Waals surface area contributed by atoms with Gasteiger partial charge in [-0.3, -0.25) is 0 Å². The van der Waals surface area contributed by atoms with Crippen LogP contribution in [0.3, 0.4) is 0 Å². The number of furan rings is 1. The highest BCUT2D eigenvalue weighted by Gasteiger charge is 2.13. The van der Waals surface area contributed by atoms with Crippen LogP contribution in [0.4, 0.5) is 0 Å². The van der Waals surface area contributed by atoms with Gasteiger partial charge < -0.3 is 20.0 Å². The lowest BCUT2D eigenvalue weighted by Gasteiger charge is -2.29. The van der Waals surface area contributed by atoms with Crippen molar-refractivity contribution in [3.8, 4) is 0 Å². The van der Waals surface area contributed by atoms with Gasteiger partial charge in [0.1, 0.15) is 12.3 Å². The van der Waals surface area contributed by atoms with Crippen molar-refractivity contribution in [1.82, 2.24) is 15.5 Å². The lowest BCUT2D eigenvalue weighted by Crippen LogP contribution is -2.42. The topological polar surface area (TPSA) is 52.8 Å². The van der Waals surface area contributed by atoms with E-state index in [0.717, 1.165) is 24.8 Å². The van der Waals surface area contributed by atoms with Crippen LogP contribution >= 0.6 is 24.0 Å². The molecule has 2 heterocycles. The Morgan fingerprint density at radius 3 is 2.74 bits per heavy atom. The van der Waals surface area contributed by atoms with Crippen molar-refractivity contribution in [2.45, 2.75) is 39.7 Å². The van der Waals surface area contributed by atoms with Gasteiger partial charge in [-0.25, -0.2) is 4.99 Å².